The number of fused-ring (bicyclic) bond motifs is 1. The third-order valence-corrected chi connectivity index (χ3v) is 4.95. The van der Waals surface area contributed by atoms with Crippen LogP contribution in [0.3, 0.4) is 0 Å². The molecule has 2 aromatic rings. The van der Waals surface area contributed by atoms with Crippen molar-refractivity contribution < 1.29 is 4.92 Å². The van der Waals surface area contributed by atoms with Crippen molar-refractivity contribution in [3.63, 3.8) is 0 Å². The van der Waals surface area contributed by atoms with E-state index in [0.717, 1.165) is 16.7 Å². The highest BCUT2D eigenvalue weighted by atomic mass is 16.6. The van der Waals surface area contributed by atoms with Gasteiger partial charge in [-0.25, -0.2) is 0 Å². The van der Waals surface area contributed by atoms with Crippen LogP contribution in [0, 0.1) is 10.1 Å². The van der Waals surface area contributed by atoms with E-state index in [1.54, 1.807) is 12.2 Å². The molecule has 0 saturated carbocycles. The molecule has 3 heteroatoms. The van der Waals surface area contributed by atoms with Crippen molar-refractivity contribution in [2.45, 2.75) is 25.3 Å². The summed E-state index contributed by atoms with van der Waals surface area (Å²) in [7, 11) is 0. The maximum Gasteiger partial charge on any atom is 0.235 e. The van der Waals surface area contributed by atoms with E-state index in [0.29, 0.717) is 6.42 Å². The van der Waals surface area contributed by atoms with E-state index in [9.17, 15) is 10.1 Å². The first-order valence-corrected chi connectivity index (χ1v) is 8.60. The predicted molar refractivity (Wildman–Crippen MR) is 102 cm³/mol. The quantitative estimate of drug-likeness (QED) is 0.453. The minimum absolute atomic E-state index is 0.224. The van der Waals surface area contributed by atoms with Crippen LogP contribution in [-0.2, 0) is 12.8 Å². The topological polar surface area (TPSA) is 43.1 Å². The second-order valence-electron chi connectivity index (χ2n) is 6.62. The average Bonchev–Trinajstić information content (AvgIpc) is 2.62. The average molecular weight is 329 g/mol. The minimum atomic E-state index is -0.623. The molecule has 1 atom stereocenters. The van der Waals surface area contributed by atoms with Gasteiger partial charge in [0.1, 0.15) is 0 Å². The van der Waals surface area contributed by atoms with Gasteiger partial charge < -0.3 is 0 Å². The zero-order valence-electron chi connectivity index (χ0n) is 13.9. The van der Waals surface area contributed by atoms with Crippen LogP contribution in [0.15, 0.2) is 60.7 Å². The zero-order valence-corrected chi connectivity index (χ0v) is 13.9. The largest absolute Gasteiger partial charge is 0.264 e. The Morgan fingerprint density at radius 1 is 1.00 bits per heavy atom. The van der Waals surface area contributed by atoms with Crippen molar-refractivity contribution in [1.82, 2.24) is 0 Å². The van der Waals surface area contributed by atoms with Crippen molar-refractivity contribution in [3.8, 4) is 0 Å². The van der Waals surface area contributed by atoms with Crippen LogP contribution < -0.4 is 0 Å². The summed E-state index contributed by atoms with van der Waals surface area (Å²) in [4.78, 5) is 10.8. The molecule has 0 bridgehead atoms. The summed E-state index contributed by atoms with van der Waals surface area (Å²) in [5.74, 6) is 0. The highest BCUT2D eigenvalue weighted by molar-refractivity contribution is 5.75. The van der Waals surface area contributed by atoms with Gasteiger partial charge in [-0.15, -0.1) is 0 Å². The lowest BCUT2D eigenvalue weighted by atomic mass is 9.87. The van der Waals surface area contributed by atoms with Gasteiger partial charge in [0.15, 0.2) is 0 Å². The molecule has 0 heterocycles. The Labute approximate surface area is 147 Å². The van der Waals surface area contributed by atoms with Crippen LogP contribution in [0.4, 0.5) is 0 Å². The summed E-state index contributed by atoms with van der Waals surface area (Å²) >= 11 is 0. The Balaban J connectivity index is 1.54. The molecule has 2 aliphatic rings. The molecule has 25 heavy (non-hydrogen) atoms. The first-order chi connectivity index (χ1) is 12.2. The second kappa shape index (κ2) is 6.52. The van der Waals surface area contributed by atoms with Crippen molar-refractivity contribution in [2.75, 3.05) is 0 Å². The molecular formula is C22H19NO2. The molecule has 124 valence electrons. The fourth-order valence-electron chi connectivity index (χ4n) is 3.37. The van der Waals surface area contributed by atoms with Gasteiger partial charge in [0.05, 0.1) is 0 Å². The van der Waals surface area contributed by atoms with Crippen LogP contribution in [0.25, 0.3) is 17.7 Å². The number of aryl methyl sites for hydroxylation is 2. The molecular weight excluding hydrogens is 310 g/mol. The number of benzene rings is 2. The Kier molecular flexibility index (Phi) is 4.06. The smallest absolute Gasteiger partial charge is 0.235 e. The van der Waals surface area contributed by atoms with E-state index < -0.39 is 6.04 Å². The second-order valence-corrected chi connectivity index (χ2v) is 6.62. The number of nitro groups is 1. The molecule has 0 saturated heterocycles. The van der Waals surface area contributed by atoms with Crippen molar-refractivity contribution in [3.05, 3.63) is 98.6 Å². The predicted octanol–water partition coefficient (Wildman–Crippen LogP) is 4.94. The first kappa shape index (κ1) is 15.6. The van der Waals surface area contributed by atoms with Gasteiger partial charge in [0, 0.05) is 11.3 Å². The van der Waals surface area contributed by atoms with Crippen LogP contribution in [0.1, 0.15) is 34.2 Å². The third-order valence-electron chi connectivity index (χ3n) is 4.95. The standard InChI is InChI=1S/C22H19NO2/c24-23(25)22-6-2-5-20(15-22)19-4-1-3-16(13-19)7-8-17-9-10-18-11-12-21(18)14-17/h1-10,13-14,22H,11-12,15H2/b8-7+. The van der Waals surface area contributed by atoms with E-state index in [2.05, 4.69) is 42.5 Å². The summed E-state index contributed by atoms with van der Waals surface area (Å²) < 4.78 is 0. The van der Waals surface area contributed by atoms with E-state index in [1.165, 1.54) is 29.5 Å². The molecule has 0 amide bonds. The first-order valence-electron chi connectivity index (χ1n) is 8.60. The molecule has 2 aromatic carbocycles. The molecule has 0 fully saturated rings. The molecule has 0 aromatic heterocycles. The van der Waals surface area contributed by atoms with Gasteiger partial charge in [-0.1, -0.05) is 60.7 Å². The van der Waals surface area contributed by atoms with Crippen LogP contribution >= 0.6 is 0 Å². The van der Waals surface area contributed by atoms with Gasteiger partial charge in [-0.2, -0.15) is 0 Å². The molecule has 0 radical (unpaired) electrons. The van der Waals surface area contributed by atoms with E-state index >= 15 is 0 Å². The number of rotatable bonds is 4. The van der Waals surface area contributed by atoms with Gasteiger partial charge in [-0.3, -0.25) is 10.1 Å². The fourth-order valence-corrected chi connectivity index (χ4v) is 3.37. The molecule has 0 aliphatic heterocycles. The lowest BCUT2D eigenvalue weighted by Gasteiger charge is -2.18. The van der Waals surface area contributed by atoms with Gasteiger partial charge in [-0.05, 0) is 58.4 Å². The monoisotopic (exact) mass is 329 g/mol. The van der Waals surface area contributed by atoms with Gasteiger partial charge in [0.2, 0.25) is 6.04 Å². The van der Waals surface area contributed by atoms with Crippen LogP contribution in [0.5, 0.6) is 0 Å². The number of hydrogen-bond donors (Lipinski definition) is 0. The lowest BCUT2D eigenvalue weighted by molar-refractivity contribution is -0.508. The minimum Gasteiger partial charge on any atom is -0.264 e. The highest BCUT2D eigenvalue weighted by Crippen LogP contribution is 2.27. The van der Waals surface area contributed by atoms with E-state index in [-0.39, 0.29) is 4.92 Å². The van der Waals surface area contributed by atoms with Gasteiger partial charge >= 0.3 is 0 Å². The maximum atomic E-state index is 11.0. The fraction of sp³-hybridized carbons (Fsp3) is 0.182. The molecule has 2 aliphatic carbocycles. The lowest BCUT2D eigenvalue weighted by Crippen LogP contribution is -2.18. The van der Waals surface area contributed by atoms with E-state index in [4.69, 9.17) is 0 Å². The number of nitrogens with zero attached hydrogens (tertiary/aromatic N) is 1. The number of hydrogen-bond acceptors (Lipinski definition) is 2. The summed E-state index contributed by atoms with van der Waals surface area (Å²) in [5.41, 5.74) is 7.32. The maximum absolute atomic E-state index is 11.0. The zero-order chi connectivity index (χ0) is 17.2. The van der Waals surface area contributed by atoms with Gasteiger partial charge in [0.25, 0.3) is 0 Å². The Bertz CT molecular complexity index is 921. The molecule has 0 N–H and O–H groups in total. The molecule has 0 spiro atoms. The highest BCUT2D eigenvalue weighted by Gasteiger charge is 2.21. The normalized spacial score (nSPS) is 18.6. The SMILES string of the molecule is O=[N+]([O-])C1C=CC=C(c2cccc(/C=C/c3ccc4c(c3)CC4)c2)C1. The molecule has 3 nitrogen and oxygen atoms in total. The van der Waals surface area contributed by atoms with Crippen molar-refractivity contribution >= 4 is 17.7 Å². The summed E-state index contributed by atoms with van der Waals surface area (Å²) in [5, 5.41) is 11.0. The van der Waals surface area contributed by atoms with E-state index in [1.807, 2.05) is 18.2 Å². The summed E-state index contributed by atoms with van der Waals surface area (Å²) in [6, 6.07) is 14.2. The summed E-state index contributed by atoms with van der Waals surface area (Å²) in [6.45, 7) is 0. The number of allylic oxidation sites excluding steroid dienone is 2. The van der Waals surface area contributed by atoms with Crippen molar-refractivity contribution in [1.29, 1.82) is 0 Å². The Morgan fingerprint density at radius 2 is 1.80 bits per heavy atom. The van der Waals surface area contributed by atoms with Crippen molar-refractivity contribution in [2.24, 2.45) is 0 Å². The van der Waals surface area contributed by atoms with Crippen LogP contribution in [0.2, 0.25) is 0 Å². The third kappa shape index (κ3) is 3.31. The Hall–Kier alpha value is -2.94. The molecule has 1 unspecified atom stereocenters. The Morgan fingerprint density at radius 3 is 2.52 bits per heavy atom. The van der Waals surface area contributed by atoms with Crippen LogP contribution in [-0.4, -0.2) is 11.0 Å². The summed E-state index contributed by atoms with van der Waals surface area (Å²) in [6.07, 6.45) is 12.5. The molecule has 4 rings (SSSR count).